The van der Waals surface area contributed by atoms with Crippen molar-refractivity contribution in [3.8, 4) is 0 Å². The van der Waals surface area contributed by atoms with Crippen LogP contribution in [0.25, 0.3) is 0 Å². The van der Waals surface area contributed by atoms with E-state index in [1.807, 2.05) is 6.92 Å². The molecule has 0 saturated carbocycles. The molecule has 0 heterocycles. The highest BCUT2D eigenvalue weighted by molar-refractivity contribution is 9.10. The van der Waals surface area contributed by atoms with Crippen LogP contribution in [0.3, 0.4) is 0 Å². The van der Waals surface area contributed by atoms with Crippen LogP contribution in [-0.2, 0) is 4.74 Å². The van der Waals surface area contributed by atoms with Crippen LogP contribution in [-0.4, -0.2) is 19.2 Å². The summed E-state index contributed by atoms with van der Waals surface area (Å²) in [6, 6.07) is 0. The van der Waals surface area contributed by atoms with Gasteiger partial charge in [0, 0.05) is 15.1 Å². The molecule has 18 heavy (non-hydrogen) atoms. The minimum absolute atomic E-state index is 0.0722. The van der Waals surface area contributed by atoms with E-state index in [0.717, 1.165) is 19.3 Å². The lowest BCUT2D eigenvalue weighted by atomic mass is 9.94. The van der Waals surface area contributed by atoms with E-state index in [4.69, 9.17) is 17.4 Å². The van der Waals surface area contributed by atoms with E-state index in [1.165, 1.54) is 0 Å². The predicted molar refractivity (Wildman–Crippen MR) is 92.4 cm³/mol. The molecule has 110 valence electrons. The third-order valence-corrected chi connectivity index (χ3v) is 4.15. The Morgan fingerprint density at radius 1 is 0.944 bits per heavy atom. The van der Waals surface area contributed by atoms with Crippen LogP contribution in [0.2, 0.25) is 0 Å². The van der Waals surface area contributed by atoms with Crippen LogP contribution in [0, 0.1) is 0 Å². The van der Waals surface area contributed by atoms with Crippen molar-refractivity contribution in [1.29, 1.82) is 0 Å². The van der Waals surface area contributed by atoms with Gasteiger partial charge in [0.1, 0.15) is 4.93 Å². The zero-order valence-electron chi connectivity index (χ0n) is 12.7. The molecule has 0 fully saturated rings. The van der Waals surface area contributed by atoms with Gasteiger partial charge in [-0.15, -0.1) is 12.6 Å². The van der Waals surface area contributed by atoms with Gasteiger partial charge in [-0.2, -0.15) is 0 Å². The van der Waals surface area contributed by atoms with E-state index in [1.54, 1.807) is 0 Å². The number of rotatable bonds is 7. The van der Waals surface area contributed by atoms with Crippen molar-refractivity contribution in [3.63, 3.8) is 0 Å². The number of alkyl halides is 2. The van der Waals surface area contributed by atoms with Gasteiger partial charge >= 0.3 is 0 Å². The number of hydrogen-bond donors (Lipinski definition) is 1. The highest BCUT2D eigenvalue weighted by Gasteiger charge is 2.37. The summed E-state index contributed by atoms with van der Waals surface area (Å²) in [6.07, 6.45) is 2.85. The van der Waals surface area contributed by atoms with Gasteiger partial charge in [-0.05, 0) is 54.4 Å². The predicted octanol–water partition coefficient (Wildman–Crippen LogP) is 5.94. The second-order valence-corrected chi connectivity index (χ2v) is 11.9. The maximum absolute atomic E-state index is 6.24. The minimum atomic E-state index is -0.435. The van der Waals surface area contributed by atoms with Crippen molar-refractivity contribution >= 4 is 44.5 Å². The highest BCUT2D eigenvalue weighted by Crippen LogP contribution is 2.40. The molecular formula is C14H28Br2OS. The molecule has 1 nitrogen and oxygen atoms in total. The highest BCUT2D eigenvalue weighted by atomic mass is 79.9. The Hall–Kier alpha value is 1.27. The summed E-state index contributed by atoms with van der Waals surface area (Å²) in [5, 5.41) is 0. The molecule has 4 heteroatoms. The van der Waals surface area contributed by atoms with Gasteiger partial charge in [-0.25, -0.2) is 0 Å². The first kappa shape index (κ1) is 19.3. The summed E-state index contributed by atoms with van der Waals surface area (Å²) in [7, 11) is 0. The fourth-order valence-corrected chi connectivity index (χ4v) is 4.51. The van der Waals surface area contributed by atoms with Gasteiger partial charge in [0.25, 0.3) is 0 Å². The Balaban J connectivity index is 4.66. The molecule has 0 aromatic heterocycles. The topological polar surface area (TPSA) is 9.23 Å². The quantitative estimate of drug-likeness (QED) is 0.314. The van der Waals surface area contributed by atoms with Gasteiger partial charge in [0.2, 0.25) is 0 Å². The van der Waals surface area contributed by atoms with E-state index < -0.39 is 4.93 Å². The molecule has 2 atom stereocenters. The zero-order chi connectivity index (χ0) is 14.8. The van der Waals surface area contributed by atoms with Gasteiger partial charge in [-0.1, -0.05) is 38.8 Å². The van der Waals surface area contributed by atoms with Crippen molar-refractivity contribution in [2.75, 3.05) is 0 Å². The van der Waals surface area contributed by atoms with Crippen molar-refractivity contribution in [2.24, 2.45) is 0 Å². The summed E-state index contributed by atoms with van der Waals surface area (Å²) >= 11 is 12.1. The maximum atomic E-state index is 6.24. The second kappa shape index (κ2) is 6.36. The first-order valence-electron chi connectivity index (χ1n) is 6.48. The van der Waals surface area contributed by atoms with Crippen molar-refractivity contribution in [3.05, 3.63) is 0 Å². The van der Waals surface area contributed by atoms with Crippen LogP contribution in [0.15, 0.2) is 0 Å². The van der Waals surface area contributed by atoms with E-state index in [-0.39, 0.29) is 14.2 Å². The molecule has 0 rings (SSSR count). The molecule has 0 amide bonds. The molecule has 0 spiro atoms. The second-order valence-electron chi connectivity index (χ2n) is 6.88. The van der Waals surface area contributed by atoms with E-state index in [2.05, 4.69) is 73.4 Å². The molecule has 0 aliphatic carbocycles. The van der Waals surface area contributed by atoms with Gasteiger partial charge in [-0.3, -0.25) is 0 Å². The average Bonchev–Trinajstić information content (AvgIpc) is 1.93. The summed E-state index contributed by atoms with van der Waals surface area (Å²) in [6.45, 7) is 15.0. The standard InChI is InChI=1S/C14H28Br2OS/c1-8-13(6,16)10-14(7,18)17-12(4,5)9-11(2,3)15/h18H,8-10H2,1-7H3. The number of thiol groups is 1. The molecule has 0 aliphatic rings. The van der Waals surface area contributed by atoms with Crippen LogP contribution in [0.1, 0.15) is 67.7 Å². The normalized spacial score (nSPS) is 20.3. The lowest BCUT2D eigenvalue weighted by molar-refractivity contribution is -0.0942. The third kappa shape index (κ3) is 9.22. The van der Waals surface area contributed by atoms with Gasteiger partial charge < -0.3 is 4.74 Å². The van der Waals surface area contributed by atoms with E-state index >= 15 is 0 Å². The number of hydrogen-bond acceptors (Lipinski definition) is 2. The molecular weight excluding hydrogens is 376 g/mol. The van der Waals surface area contributed by atoms with Gasteiger partial charge in [0.05, 0.1) is 5.60 Å². The Labute approximate surface area is 135 Å². The summed E-state index contributed by atoms with van der Waals surface area (Å²) in [4.78, 5) is -0.435. The Bertz CT molecular complexity index is 267. The maximum Gasteiger partial charge on any atom is 0.110 e. The average molecular weight is 404 g/mol. The molecule has 0 radical (unpaired) electrons. The van der Waals surface area contributed by atoms with Crippen LogP contribution in [0.5, 0.6) is 0 Å². The van der Waals surface area contributed by atoms with E-state index in [9.17, 15) is 0 Å². The fourth-order valence-electron chi connectivity index (χ4n) is 2.49. The molecule has 0 aliphatic heterocycles. The first-order chi connectivity index (χ1) is 7.68. The molecule has 0 N–H and O–H groups in total. The first-order valence-corrected chi connectivity index (χ1v) is 8.52. The Morgan fingerprint density at radius 3 is 1.72 bits per heavy atom. The largest absolute Gasteiger partial charge is 0.359 e. The summed E-state index contributed by atoms with van der Waals surface area (Å²) in [5.74, 6) is 0. The lowest BCUT2D eigenvalue weighted by Gasteiger charge is -2.41. The van der Waals surface area contributed by atoms with E-state index in [0.29, 0.717) is 0 Å². The summed E-state index contributed by atoms with van der Waals surface area (Å²) in [5.41, 5.74) is -0.208. The number of halogens is 2. The van der Waals surface area contributed by atoms with Crippen LogP contribution in [0.4, 0.5) is 0 Å². The monoisotopic (exact) mass is 402 g/mol. The summed E-state index contributed by atoms with van der Waals surface area (Å²) < 4.78 is 6.39. The van der Waals surface area contributed by atoms with Crippen molar-refractivity contribution < 1.29 is 4.74 Å². The molecule has 0 saturated heterocycles. The Kier molecular flexibility index (Phi) is 6.81. The Morgan fingerprint density at radius 2 is 1.39 bits per heavy atom. The third-order valence-electron chi connectivity index (χ3n) is 2.78. The van der Waals surface area contributed by atoms with Crippen LogP contribution < -0.4 is 0 Å². The minimum Gasteiger partial charge on any atom is -0.359 e. The fraction of sp³-hybridized carbons (Fsp3) is 1.00. The lowest BCUT2D eigenvalue weighted by Crippen LogP contribution is -2.41. The van der Waals surface area contributed by atoms with Crippen LogP contribution >= 0.6 is 44.5 Å². The smallest absolute Gasteiger partial charge is 0.110 e. The zero-order valence-corrected chi connectivity index (χ0v) is 16.8. The molecule has 2 unspecified atom stereocenters. The molecule has 0 aromatic rings. The van der Waals surface area contributed by atoms with Gasteiger partial charge in [0.15, 0.2) is 0 Å². The van der Waals surface area contributed by atoms with Crippen molar-refractivity contribution in [1.82, 2.24) is 0 Å². The molecule has 0 aromatic carbocycles. The van der Waals surface area contributed by atoms with Crippen molar-refractivity contribution in [2.45, 2.75) is 86.9 Å². The SMILES string of the molecule is CCC(C)(Br)CC(C)(S)OC(C)(C)CC(C)(C)Br. The molecule has 0 bridgehead atoms. The number of ether oxygens (including phenoxy) is 1.